The predicted octanol–water partition coefficient (Wildman–Crippen LogP) is 7.25. The van der Waals surface area contributed by atoms with Crippen molar-refractivity contribution in [1.29, 1.82) is 0 Å². The first kappa shape index (κ1) is 105. The lowest BCUT2D eigenvalue weighted by molar-refractivity contribution is -0.139. The average Bonchev–Trinajstić information content (AvgIpc) is 3.41. The van der Waals surface area contributed by atoms with E-state index < -0.39 is 21.2 Å². The third-order valence-corrected chi connectivity index (χ3v) is 83.9. The maximum Gasteiger partial charge on any atom is 0.303 e. The molecule has 0 fully saturated rings. The van der Waals surface area contributed by atoms with Gasteiger partial charge >= 0.3 is 11.9 Å². The molecule has 0 saturated carbocycles. The van der Waals surface area contributed by atoms with Gasteiger partial charge in [0.1, 0.15) is 0 Å². The molecule has 0 aliphatic carbocycles. The van der Waals surface area contributed by atoms with Crippen molar-refractivity contribution < 1.29 is 43.2 Å². The van der Waals surface area contributed by atoms with Crippen LogP contribution >= 0.6 is 80.7 Å². The van der Waals surface area contributed by atoms with E-state index in [1.807, 2.05) is 0 Å². The number of hydrogen-bond acceptors (Lipinski definition) is 14. The molecule has 80 heavy (non-hydrogen) atoms. The molecule has 0 rings (SSSR count). The lowest BCUT2D eigenvalue weighted by Gasteiger charge is -1.96. The van der Waals surface area contributed by atoms with Crippen molar-refractivity contribution in [3.05, 3.63) is 0 Å². The number of carbonyl (C=O) groups is 6. The smallest absolute Gasteiger partial charge is 0.303 e. The normalized spacial score (nSPS) is 8.11. The van der Waals surface area contributed by atoms with Gasteiger partial charge in [-0.05, 0) is 80.5 Å². The van der Waals surface area contributed by atoms with Crippen molar-refractivity contribution in [2.45, 2.75) is 84.5 Å². The van der Waals surface area contributed by atoms with Gasteiger partial charge in [0.05, 0.1) is 0 Å². The number of thiol groups is 1. The summed E-state index contributed by atoms with van der Waals surface area (Å²) in [7, 11) is 70.8. The summed E-state index contributed by atoms with van der Waals surface area (Å²) in [5.41, 5.74) is 0. The van der Waals surface area contributed by atoms with Gasteiger partial charge in [-0.1, -0.05) is 31.0 Å². The maximum atomic E-state index is 10.8. The van der Waals surface area contributed by atoms with Crippen molar-refractivity contribution >= 4 is 496 Å². The number of rotatable bonds is 15. The number of carboxylic acids is 2. The molecule has 9 nitrogen and oxygen atoms in total. The molecule has 0 radical (unpaired) electrons. The second kappa shape index (κ2) is 102. The Labute approximate surface area is 628 Å². The Kier molecular flexibility index (Phi) is 133. The van der Waals surface area contributed by atoms with Crippen molar-refractivity contribution in [3.63, 3.8) is 0 Å². The Morgan fingerprint density at radius 1 is 0.350 bits per heavy atom. The summed E-state index contributed by atoms with van der Waals surface area (Å²) in [4.78, 5) is 61.7. The Morgan fingerprint density at radius 3 is 0.613 bits per heavy atom. The van der Waals surface area contributed by atoms with E-state index in [-0.39, 0.29) is 41.0 Å². The number of unbranched alkanes of at least 4 members (excludes halogenated alkanes) is 3. The van der Waals surface area contributed by atoms with Crippen LogP contribution in [-0.4, -0.2) is 65.8 Å². The number of halogens is 4. The van der Waals surface area contributed by atoms with Crippen LogP contribution < -0.4 is 0 Å². The zero-order valence-electron chi connectivity index (χ0n) is 38.2. The minimum absolute atomic E-state index is 0. The Hall–Kier alpha value is 9.00. The minimum atomic E-state index is -1.67. The Bertz CT molecular complexity index is 3380. The molecule has 0 amide bonds. The fourth-order valence-corrected chi connectivity index (χ4v) is 93.7. The standard InChI is InChI=1S/C8H14O2S2.C6H8Cl2O2.C6H10O4.CH4S.CH4.Cl2OS.S21.S20/c1-11-7(9)5-3-4-6-8(10)12-2;7-5(9)3-1-2-4-6(8)10;7-5(8)3-1-2-4-6(9)10;1-2;;1-4(2)3;1-3-5-7-9-11-13-15-17-19-21-20-18-16-14-12-10-8-6-4-2;1-3-5-7-9-11-13-15-17-19-20-18-16-14-12-10-8-6-4-2/h3-6H2,1-2H3;1-4H2;1-4H2,(H,7,8)(H,9,10);2H,1H3;1H4;;;. The summed E-state index contributed by atoms with van der Waals surface area (Å²) in [6.07, 6.45) is 11.1. The van der Waals surface area contributed by atoms with Crippen LogP contribution in [0.15, 0.2) is 0 Å². The molecule has 0 heterocycles. The van der Waals surface area contributed by atoms with E-state index in [1.54, 1.807) is 312 Å². The SMILES string of the molecule is C.CS.CSC(=O)CCCCC(=O)SC.O=C(Cl)CCCCC(=O)Cl.O=C(O)CCCCC(=O)O.O=S(Cl)Cl.S=S=S=S=S=S=S=S=S=S=S=S=S=S=S=S=S=S=S=S.S=S=S=S=S=S=S=S=S=S=S=S=S=S=S=S=S=S=S=S=S. The molecule has 480 valence electrons. The Balaban J connectivity index is -0.000000135. The first-order chi connectivity index (χ1) is 38.0. The van der Waals surface area contributed by atoms with E-state index in [0.717, 1.165) is 12.8 Å². The largest absolute Gasteiger partial charge is 0.481 e. The van der Waals surface area contributed by atoms with Crippen molar-refractivity contribution in [3.8, 4) is 0 Å². The van der Waals surface area contributed by atoms with E-state index in [2.05, 4.69) is 34.0 Å². The number of carboxylic acid groups (broad SMARTS) is 2. The van der Waals surface area contributed by atoms with Crippen LogP contribution in [0.5, 0.6) is 0 Å². The van der Waals surface area contributed by atoms with Crippen LogP contribution in [0.3, 0.4) is 0 Å². The third-order valence-electron chi connectivity index (χ3n) is 4.47. The van der Waals surface area contributed by atoms with E-state index >= 15 is 0 Å². The molecule has 0 aliphatic heterocycles. The van der Waals surface area contributed by atoms with Gasteiger partial charge in [-0.25, -0.2) is 4.21 Å². The lowest BCUT2D eigenvalue weighted by Crippen LogP contribution is -1.97. The van der Waals surface area contributed by atoms with Crippen molar-refractivity contribution in [1.82, 2.24) is 0 Å². The highest BCUT2D eigenvalue weighted by Gasteiger charge is 2.02. The fraction of sp³-hybridized carbons (Fsp3) is 0.727. The highest BCUT2D eigenvalue weighted by Crippen LogP contribution is 2.10. The topological polar surface area (TPSA) is 160 Å². The lowest BCUT2D eigenvalue weighted by atomic mass is 10.2. The maximum absolute atomic E-state index is 10.8. The first-order valence-electron chi connectivity index (χ1n) is 17.3. The highest BCUT2D eigenvalue weighted by molar-refractivity contribution is 8.80. The summed E-state index contributed by atoms with van der Waals surface area (Å²) < 4.78 is 9.09. The average molecular weight is 2030 g/mol. The van der Waals surface area contributed by atoms with Crippen molar-refractivity contribution in [2.24, 2.45) is 0 Å². The zero-order valence-corrected chi connectivity index (χ0v) is 78.0. The minimum Gasteiger partial charge on any atom is -0.481 e. The van der Waals surface area contributed by atoms with Crippen molar-refractivity contribution in [2.75, 3.05) is 18.8 Å². The second-order valence-corrected chi connectivity index (χ2v) is 79.5. The summed E-state index contributed by atoms with van der Waals surface area (Å²) in [5.74, 6) is -1.74. The third kappa shape index (κ3) is 135. The molecular weight excluding hydrogens is 1990 g/mol. The molecule has 0 unspecified atom stereocenters. The van der Waals surface area contributed by atoms with Crippen LogP contribution in [0.4, 0.5) is 0 Å². The molecule has 58 heteroatoms. The Morgan fingerprint density at radius 2 is 0.487 bits per heavy atom. The van der Waals surface area contributed by atoms with E-state index in [4.69, 9.17) is 82.4 Å². The molecule has 0 aromatic carbocycles. The van der Waals surface area contributed by atoms with Crippen LogP contribution in [0, 0.1) is 0 Å². The molecule has 0 aromatic rings. The van der Waals surface area contributed by atoms with Gasteiger partial charge in [-0.3, -0.25) is 28.8 Å². The molecular formula is C22H40Cl4O9S45. The number of thioether (sulfide) groups is 2. The summed E-state index contributed by atoms with van der Waals surface area (Å²) in [5, 5.41) is 16.0. The molecule has 0 aliphatic rings. The molecule has 0 aromatic heterocycles. The first-order valence-corrected chi connectivity index (χ1v) is 76.2. The highest BCUT2D eigenvalue weighted by atomic mass is 36.0. The molecule has 0 saturated heterocycles. The van der Waals surface area contributed by atoms with Crippen LogP contribution in [-0.2, 0) is 411 Å². The van der Waals surface area contributed by atoms with E-state index in [0.29, 0.717) is 51.4 Å². The van der Waals surface area contributed by atoms with Gasteiger partial charge in [0.25, 0.3) is 0 Å². The fourth-order valence-electron chi connectivity index (χ4n) is 2.20. The van der Waals surface area contributed by atoms with Crippen LogP contribution in [0.2, 0.25) is 0 Å². The van der Waals surface area contributed by atoms with Gasteiger partial charge in [0, 0.05) is 433 Å². The number of aliphatic carboxylic acids is 2. The van der Waals surface area contributed by atoms with Gasteiger partial charge < -0.3 is 10.2 Å². The molecule has 0 atom stereocenters. The van der Waals surface area contributed by atoms with E-state index in [9.17, 15) is 28.8 Å². The van der Waals surface area contributed by atoms with Gasteiger partial charge in [-0.15, -0.1) is 0 Å². The molecule has 0 bridgehead atoms. The zero-order chi connectivity index (χ0) is 61.1. The monoisotopic (exact) mass is 2030 g/mol. The summed E-state index contributed by atoms with van der Waals surface area (Å²) in [6, 6.07) is 0. The quantitative estimate of drug-likeness (QED) is 0.0855. The second-order valence-electron chi connectivity index (χ2n) is 8.97. The summed E-state index contributed by atoms with van der Waals surface area (Å²) in [6.45, 7) is 0. The van der Waals surface area contributed by atoms with Crippen LogP contribution in [0.25, 0.3) is 0 Å². The summed E-state index contributed by atoms with van der Waals surface area (Å²) >= 11 is 35.2. The van der Waals surface area contributed by atoms with Gasteiger partial charge in [0.15, 0.2) is 10.2 Å². The van der Waals surface area contributed by atoms with E-state index in [1.165, 1.54) is 59.0 Å². The van der Waals surface area contributed by atoms with Crippen LogP contribution in [0.1, 0.15) is 84.5 Å². The molecule has 2 N–H and O–H groups in total. The number of hydrogen-bond donors (Lipinski definition) is 3. The molecule has 0 spiro atoms. The predicted molar refractivity (Wildman–Crippen MR) is 473 cm³/mol. The van der Waals surface area contributed by atoms with Gasteiger partial charge in [-0.2, -0.15) is 12.6 Å². The number of carbonyl (C=O) groups excluding carboxylic acids is 4. The van der Waals surface area contributed by atoms with Gasteiger partial charge in [0.2, 0.25) is 19.7 Å².